The lowest BCUT2D eigenvalue weighted by Crippen LogP contribution is -2.48. The molecule has 0 spiro atoms. The van der Waals surface area contributed by atoms with Gasteiger partial charge in [0.15, 0.2) is 5.78 Å². The summed E-state index contributed by atoms with van der Waals surface area (Å²) >= 11 is 0. The summed E-state index contributed by atoms with van der Waals surface area (Å²) in [4.78, 5) is 41.2. The molecule has 0 N–H and O–H groups in total. The van der Waals surface area contributed by atoms with E-state index in [2.05, 4.69) is 4.90 Å². The van der Waals surface area contributed by atoms with Crippen LogP contribution in [0.3, 0.4) is 0 Å². The topological polar surface area (TPSA) is 66.9 Å². The van der Waals surface area contributed by atoms with E-state index < -0.39 is 0 Å². The zero-order valence-electron chi connectivity index (χ0n) is 16.6. The van der Waals surface area contributed by atoms with Crippen molar-refractivity contribution in [3.8, 4) is 0 Å². The Hall–Kier alpha value is -2.21. The molecular formula is C22H30N2O4. The Balaban J connectivity index is 1.46. The van der Waals surface area contributed by atoms with Crippen LogP contribution in [0.2, 0.25) is 0 Å². The summed E-state index contributed by atoms with van der Waals surface area (Å²) < 4.78 is 5.11. The molecule has 2 fully saturated rings. The van der Waals surface area contributed by atoms with Crippen LogP contribution in [0.15, 0.2) is 30.3 Å². The molecule has 0 radical (unpaired) electrons. The van der Waals surface area contributed by atoms with Crippen LogP contribution in [0.1, 0.15) is 43.0 Å². The number of amides is 1. The number of carbonyl (C=O) groups is 3. The van der Waals surface area contributed by atoms with Gasteiger partial charge in [-0.1, -0.05) is 30.3 Å². The summed E-state index contributed by atoms with van der Waals surface area (Å²) in [5, 5.41) is 0. The molecular weight excluding hydrogens is 356 g/mol. The first-order chi connectivity index (χ1) is 13.6. The van der Waals surface area contributed by atoms with E-state index >= 15 is 0 Å². The molecule has 28 heavy (non-hydrogen) atoms. The number of ether oxygens (including phenoxy) is 1. The number of rotatable bonds is 6. The van der Waals surface area contributed by atoms with Gasteiger partial charge >= 0.3 is 5.97 Å². The standard InChI is InChI=1S/C22H30N2O4/c1-2-28-22(27)19-9-6-12-24(15-19)20(25)16-23-13-10-18(11-14-23)21(26)17-7-4-3-5-8-17/h3-5,7-8,18-19H,2,6,9-16H2,1H3. The molecule has 6 nitrogen and oxygen atoms in total. The summed E-state index contributed by atoms with van der Waals surface area (Å²) in [5.41, 5.74) is 0.773. The summed E-state index contributed by atoms with van der Waals surface area (Å²) in [6, 6.07) is 9.44. The van der Waals surface area contributed by atoms with Gasteiger partial charge in [0.1, 0.15) is 0 Å². The van der Waals surface area contributed by atoms with E-state index in [0.717, 1.165) is 44.3 Å². The fraction of sp³-hybridized carbons (Fsp3) is 0.591. The number of benzene rings is 1. The van der Waals surface area contributed by atoms with Crippen molar-refractivity contribution in [1.82, 2.24) is 9.80 Å². The van der Waals surface area contributed by atoms with Crippen LogP contribution in [0.4, 0.5) is 0 Å². The molecule has 2 aliphatic rings. The second-order valence-corrected chi connectivity index (χ2v) is 7.71. The molecule has 2 aliphatic heterocycles. The summed E-state index contributed by atoms with van der Waals surface area (Å²) in [6.07, 6.45) is 3.19. The number of Topliss-reactive ketones (excluding diaryl/α,β-unsaturated/α-hetero) is 1. The first kappa shape index (κ1) is 20.5. The second kappa shape index (κ2) is 9.82. The number of ketones is 1. The monoisotopic (exact) mass is 386 g/mol. The van der Waals surface area contributed by atoms with E-state index in [1.807, 2.05) is 30.3 Å². The van der Waals surface area contributed by atoms with Crippen molar-refractivity contribution < 1.29 is 19.1 Å². The Labute approximate surface area is 166 Å². The SMILES string of the molecule is CCOC(=O)C1CCCN(C(=O)CN2CCC(C(=O)c3ccccc3)CC2)C1. The third-order valence-corrected chi connectivity index (χ3v) is 5.77. The van der Waals surface area contributed by atoms with Gasteiger partial charge < -0.3 is 9.64 Å². The molecule has 1 atom stereocenters. The molecule has 2 heterocycles. The molecule has 2 saturated heterocycles. The maximum Gasteiger partial charge on any atom is 0.310 e. The Morgan fingerprint density at radius 2 is 1.71 bits per heavy atom. The van der Waals surface area contributed by atoms with Gasteiger partial charge in [-0.3, -0.25) is 19.3 Å². The van der Waals surface area contributed by atoms with Gasteiger partial charge in [0.05, 0.1) is 19.1 Å². The predicted molar refractivity (Wildman–Crippen MR) is 106 cm³/mol. The quantitative estimate of drug-likeness (QED) is 0.555. The first-order valence-electron chi connectivity index (χ1n) is 10.3. The predicted octanol–water partition coefficient (Wildman–Crippen LogP) is 2.38. The van der Waals surface area contributed by atoms with Gasteiger partial charge in [-0.05, 0) is 45.7 Å². The highest BCUT2D eigenvalue weighted by Gasteiger charge is 2.31. The molecule has 0 aliphatic carbocycles. The summed E-state index contributed by atoms with van der Waals surface area (Å²) in [7, 11) is 0. The van der Waals surface area contributed by atoms with Crippen molar-refractivity contribution in [2.75, 3.05) is 39.3 Å². The van der Waals surface area contributed by atoms with Crippen molar-refractivity contribution >= 4 is 17.7 Å². The Morgan fingerprint density at radius 1 is 1.00 bits per heavy atom. The van der Waals surface area contributed by atoms with Gasteiger partial charge in [-0.15, -0.1) is 0 Å². The second-order valence-electron chi connectivity index (χ2n) is 7.71. The normalized spacial score (nSPS) is 21.3. The van der Waals surface area contributed by atoms with E-state index in [9.17, 15) is 14.4 Å². The van der Waals surface area contributed by atoms with E-state index in [1.54, 1.807) is 11.8 Å². The number of hydrogen-bond donors (Lipinski definition) is 0. The third kappa shape index (κ3) is 5.19. The zero-order chi connectivity index (χ0) is 19.9. The number of carbonyl (C=O) groups excluding carboxylic acids is 3. The lowest BCUT2D eigenvalue weighted by molar-refractivity contribution is -0.151. The molecule has 1 aromatic rings. The molecule has 1 aromatic carbocycles. The molecule has 0 bridgehead atoms. The largest absolute Gasteiger partial charge is 0.466 e. The average molecular weight is 386 g/mol. The van der Waals surface area contributed by atoms with Crippen molar-refractivity contribution in [1.29, 1.82) is 0 Å². The van der Waals surface area contributed by atoms with Crippen LogP contribution in [0, 0.1) is 11.8 Å². The molecule has 0 aromatic heterocycles. The van der Waals surface area contributed by atoms with E-state index in [4.69, 9.17) is 4.74 Å². The third-order valence-electron chi connectivity index (χ3n) is 5.77. The van der Waals surface area contributed by atoms with Crippen LogP contribution < -0.4 is 0 Å². The molecule has 6 heteroatoms. The smallest absolute Gasteiger partial charge is 0.310 e. The average Bonchev–Trinajstić information content (AvgIpc) is 2.74. The van der Waals surface area contributed by atoms with Crippen LogP contribution in [-0.2, 0) is 14.3 Å². The number of esters is 1. The lowest BCUT2D eigenvalue weighted by atomic mass is 9.89. The minimum Gasteiger partial charge on any atom is -0.466 e. The minimum atomic E-state index is -0.202. The molecule has 3 rings (SSSR count). The van der Waals surface area contributed by atoms with Crippen molar-refractivity contribution in [2.24, 2.45) is 11.8 Å². The van der Waals surface area contributed by atoms with Crippen LogP contribution in [0.25, 0.3) is 0 Å². The number of likely N-dealkylation sites (tertiary alicyclic amines) is 2. The number of nitrogens with zero attached hydrogens (tertiary/aromatic N) is 2. The summed E-state index contributed by atoms with van der Waals surface area (Å²) in [5.74, 6) is -0.0780. The van der Waals surface area contributed by atoms with Gasteiger partial charge in [0.2, 0.25) is 5.91 Å². The van der Waals surface area contributed by atoms with Gasteiger partial charge in [-0.25, -0.2) is 0 Å². The molecule has 1 unspecified atom stereocenters. The van der Waals surface area contributed by atoms with Crippen molar-refractivity contribution in [2.45, 2.75) is 32.6 Å². The van der Waals surface area contributed by atoms with Crippen LogP contribution in [-0.4, -0.2) is 66.8 Å². The highest BCUT2D eigenvalue weighted by atomic mass is 16.5. The Morgan fingerprint density at radius 3 is 2.39 bits per heavy atom. The first-order valence-corrected chi connectivity index (χ1v) is 10.3. The van der Waals surface area contributed by atoms with Crippen LogP contribution in [0.5, 0.6) is 0 Å². The molecule has 0 saturated carbocycles. The van der Waals surface area contributed by atoms with E-state index in [0.29, 0.717) is 26.2 Å². The van der Waals surface area contributed by atoms with Gasteiger partial charge in [0.25, 0.3) is 0 Å². The number of hydrogen-bond acceptors (Lipinski definition) is 5. The minimum absolute atomic E-state index is 0.0388. The highest BCUT2D eigenvalue weighted by Crippen LogP contribution is 2.23. The fourth-order valence-corrected chi connectivity index (χ4v) is 4.14. The Kier molecular flexibility index (Phi) is 7.20. The van der Waals surface area contributed by atoms with Crippen molar-refractivity contribution in [3.05, 3.63) is 35.9 Å². The van der Waals surface area contributed by atoms with E-state index in [-0.39, 0.29) is 29.5 Å². The van der Waals surface area contributed by atoms with E-state index in [1.165, 1.54) is 0 Å². The van der Waals surface area contributed by atoms with Gasteiger partial charge in [0, 0.05) is 24.6 Å². The zero-order valence-corrected chi connectivity index (χ0v) is 16.6. The van der Waals surface area contributed by atoms with Crippen molar-refractivity contribution in [3.63, 3.8) is 0 Å². The van der Waals surface area contributed by atoms with Gasteiger partial charge in [-0.2, -0.15) is 0 Å². The molecule has 152 valence electrons. The fourth-order valence-electron chi connectivity index (χ4n) is 4.14. The maximum absolute atomic E-state index is 12.7. The van der Waals surface area contributed by atoms with Crippen LogP contribution >= 0.6 is 0 Å². The maximum atomic E-state index is 12.7. The lowest BCUT2D eigenvalue weighted by Gasteiger charge is -2.35. The summed E-state index contributed by atoms with van der Waals surface area (Å²) in [6.45, 7) is 5.21. The number of piperidine rings is 2. The Bertz CT molecular complexity index is 683. The highest BCUT2D eigenvalue weighted by molar-refractivity contribution is 5.97. The molecule has 1 amide bonds.